The van der Waals surface area contributed by atoms with Crippen LogP contribution in [0.5, 0.6) is 0 Å². The number of unbranched alkanes of at least 4 members (excludes halogenated alkanes) is 2. The molecule has 0 aliphatic carbocycles. The molecule has 13 amide bonds. The van der Waals surface area contributed by atoms with E-state index in [1.165, 1.54) is 6.92 Å². The van der Waals surface area contributed by atoms with Crippen molar-refractivity contribution in [2.45, 2.75) is 164 Å². The first-order valence-electron chi connectivity index (χ1n) is 32.5. The Labute approximate surface area is 588 Å². The minimum atomic E-state index is -2.57. The van der Waals surface area contributed by atoms with Crippen molar-refractivity contribution in [1.82, 2.24) is 63.8 Å². The van der Waals surface area contributed by atoms with Crippen LogP contribution in [0.1, 0.15) is 96.1 Å². The van der Waals surface area contributed by atoms with Gasteiger partial charge in [0.1, 0.15) is 54.4 Å². The normalized spacial score (nSPS) is 14.1. The Morgan fingerprint density at radius 2 is 0.825 bits per heavy atom. The fourth-order valence-corrected chi connectivity index (χ4v) is 9.35. The number of hydrogen-bond donors (Lipinski definition) is 22. The minimum absolute atomic E-state index is 0.00371. The fourth-order valence-electron chi connectivity index (χ4n) is 9.35. The van der Waals surface area contributed by atoms with E-state index in [0.29, 0.717) is 31.4 Å². The number of amides is 13. The van der Waals surface area contributed by atoms with Crippen LogP contribution in [0.25, 0.3) is 0 Å². The standard InChI is InChI=1S/C61H95F5N22O15/c1-29(80-42(92)27-79-59(103)49(31(3)90)88-57(101)39(24-33-44(62)46(64)48(66)47(65)45(33)63)82-43(93)26-77-41(91)25-78-53(97)34(69)23-32-13-5-4-6-14-32)51(95)84-38(18-12-22-76-61(73)74)55(99)86-36(16-8-10-20-68)56(100)87-40(28-89)58(102)81-30(2)52(96)85-37(17-11-21-75-60(71)72)54(98)83-35(50(70)94)15-7-9-19-67/h4-6,13-14,29-31,34-40,49,89-90H,7-12,15-28,67-69H2,1-3H3,(H2,70,94)(H,77,91)(H,78,97)(H,79,103)(H,80,92)(H,81,102)(H,82,93)(H,83,98)(H,84,95)(H,85,96)(H,86,99)(H,87,100)(H,88,101)(H4,71,72,75)(H4,73,74,76). The van der Waals surface area contributed by atoms with Crippen LogP contribution < -0.4 is 110 Å². The molecule has 2 rings (SSSR count). The molecule has 0 aliphatic rings. The lowest BCUT2D eigenvalue weighted by Crippen LogP contribution is -2.60. The summed E-state index contributed by atoms with van der Waals surface area (Å²) in [6.07, 6.45) is -2.08. The molecule has 42 heteroatoms. The molecule has 11 atom stereocenters. The fraction of sp³-hybridized carbons (Fsp3) is 0.557. The second kappa shape index (κ2) is 46.1. The molecule has 2 aromatic carbocycles. The summed E-state index contributed by atoms with van der Waals surface area (Å²) < 4.78 is 72.7. The molecule has 0 bridgehead atoms. The number of nitrogens with two attached hydrogens (primary N) is 8. The zero-order chi connectivity index (χ0) is 77.6. The first kappa shape index (κ1) is 88.6. The summed E-state index contributed by atoms with van der Waals surface area (Å²) in [7, 11) is 0. The van der Waals surface area contributed by atoms with E-state index < -0.39 is 211 Å². The second-order valence-corrected chi connectivity index (χ2v) is 23.5. The lowest BCUT2D eigenvalue weighted by atomic mass is 10.0. The van der Waals surface area contributed by atoms with Crippen molar-refractivity contribution >= 4 is 88.7 Å². The predicted octanol–water partition coefficient (Wildman–Crippen LogP) is -8.53. The first-order chi connectivity index (χ1) is 48.6. The quantitative estimate of drug-likeness (QED) is 0.00731. The van der Waals surface area contributed by atoms with Crippen LogP contribution in [0, 0.1) is 29.1 Å². The number of carbonyl (C=O) groups excluding carboxylic acids is 13. The molecular formula is C61H95F5N22O15. The Balaban J connectivity index is 2.26. The number of halogens is 5. The van der Waals surface area contributed by atoms with Gasteiger partial charge in [0.25, 0.3) is 0 Å². The third kappa shape index (κ3) is 32.4. The summed E-state index contributed by atoms with van der Waals surface area (Å²) in [6, 6.07) is -7.37. The Hall–Kier alpha value is -10.5. The van der Waals surface area contributed by atoms with E-state index in [1.54, 1.807) is 30.3 Å². The van der Waals surface area contributed by atoms with Crippen molar-refractivity contribution in [1.29, 1.82) is 0 Å². The van der Waals surface area contributed by atoms with Crippen LogP contribution in [-0.2, 0) is 75.2 Å². The number of rotatable bonds is 47. The van der Waals surface area contributed by atoms with Gasteiger partial charge in [-0.1, -0.05) is 30.3 Å². The third-order valence-electron chi connectivity index (χ3n) is 15.0. The summed E-state index contributed by atoms with van der Waals surface area (Å²) in [5.74, 6) is -26.9. The number of benzene rings is 2. The summed E-state index contributed by atoms with van der Waals surface area (Å²) in [5.41, 5.74) is 43.5. The molecule has 11 unspecified atom stereocenters. The Kier molecular flexibility index (Phi) is 39.7. The van der Waals surface area contributed by atoms with Gasteiger partial charge in [-0.15, -0.1) is 0 Å². The van der Waals surface area contributed by atoms with Crippen LogP contribution in [0.4, 0.5) is 22.0 Å². The number of guanidine groups is 2. The number of primary amides is 1. The van der Waals surface area contributed by atoms with Gasteiger partial charge in [0.2, 0.25) is 82.6 Å². The molecular weight excluding hydrogens is 1380 g/mol. The van der Waals surface area contributed by atoms with Crippen LogP contribution in [0.3, 0.4) is 0 Å². The summed E-state index contributed by atoms with van der Waals surface area (Å²) in [5, 5.41) is 47.9. The number of aliphatic hydroxyl groups excluding tert-OH is 2. The molecule has 103 heavy (non-hydrogen) atoms. The smallest absolute Gasteiger partial charge is 0.245 e. The van der Waals surface area contributed by atoms with E-state index in [1.807, 2.05) is 10.6 Å². The Morgan fingerprint density at radius 1 is 0.427 bits per heavy atom. The number of nitrogens with one attached hydrogen (secondary N) is 12. The molecule has 37 nitrogen and oxygen atoms in total. The zero-order valence-corrected chi connectivity index (χ0v) is 57.0. The van der Waals surface area contributed by atoms with Gasteiger partial charge < -0.3 is 120 Å². The monoisotopic (exact) mass is 1470 g/mol. The first-order valence-corrected chi connectivity index (χ1v) is 32.5. The largest absolute Gasteiger partial charge is 0.394 e. The molecule has 2 aromatic rings. The lowest BCUT2D eigenvalue weighted by Gasteiger charge is -2.26. The molecule has 0 aliphatic heterocycles. The maximum absolute atomic E-state index is 15.0. The van der Waals surface area contributed by atoms with Gasteiger partial charge in [-0.3, -0.25) is 72.3 Å². The van der Waals surface area contributed by atoms with Gasteiger partial charge in [0, 0.05) is 25.1 Å². The average molecular weight is 1470 g/mol. The van der Waals surface area contributed by atoms with Crippen LogP contribution in [-0.4, -0.2) is 218 Å². The highest BCUT2D eigenvalue weighted by Gasteiger charge is 2.36. The van der Waals surface area contributed by atoms with Crippen LogP contribution in [0.2, 0.25) is 0 Å². The minimum Gasteiger partial charge on any atom is -0.394 e. The molecule has 0 fully saturated rings. The highest BCUT2D eigenvalue weighted by Crippen LogP contribution is 2.24. The number of nitrogens with zero attached hydrogens (tertiary/aromatic N) is 2. The number of carbonyl (C=O) groups is 13. The molecule has 0 aromatic heterocycles. The van der Waals surface area contributed by atoms with E-state index in [0.717, 1.165) is 13.8 Å². The SMILES string of the molecule is CC(NC(=O)CNC(=O)C(NC(=O)C(Cc1c(F)c(F)c(F)c(F)c1F)NC(=O)CNC(=O)CNC(=O)C(N)Cc1ccccc1)C(C)O)C(=O)NC(CCCN=C(N)N)C(=O)NC(CCCCN)C(=O)NC(CO)C(=O)NC(C)C(=O)NC(CCCN=C(N)N)C(=O)NC(CCCCN)C(N)=O. The van der Waals surface area contributed by atoms with Crippen LogP contribution >= 0.6 is 0 Å². The van der Waals surface area contributed by atoms with Crippen molar-refractivity contribution < 1.29 is 94.5 Å². The molecule has 0 saturated carbocycles. The van der Waals surface area contributed by atoms with Gasteiger partial charge in [0.05, 0.1) is 38.4 Å². The second-order valence-electron chi connectivity index (χ2n) is 23.5. The summed E-state index contributed by atoms with van der Waals surface area (Å²) in [4.78, 5) is 181. The van der Waals surface area contributed by atoms with E-state index in [2.05, 4.69) is 63.2 Å². The molecule has 0 spiro atoms. The van der Waals surface area contributed by atoms with Crippen LogP contribution in [0.15, 0.2) is 40.3 Å². The summed E-state index contributed by atoms with van der Waals surface area (Å²) in [6.45, 7) is -0.236. The summed E-state index contributed by atoms with van der Waals surface area (Å²) >= 11 is 0. The molecule has 0 radical (unpaired) electrons. The number of hydrogen-bond acceptors (Lipinski definition) is 20. The molecule has 30 N–H and O–H groups in total. The maximum Gasteiger partial charge on any atom is 0.245 e. The average Bonchev–Trinajstić information content (AvgIpc) is 0.792. The highest BCUT2D eigenvalue weighted by atomic mass is 19.2. The van der Waals surface area contributed by atoms with Gasteiger partial charge in [0.15, 0.2) is 35.2 Å². The van der Waals surface area contributed by atoms with Crippen molar-refractivity contribution in [2.75, 3.05) is 52.4 Å². The Morgan fingerprint density at radius 3 is 1.30 bits per heavy atom. The van der Waals surface area contributed by atoms with Gasteiger partial charge >= 0.3 is 0 Å². The van der Waals surface area contributed by atoms with E-state index in [9.17, 15) is 94.5 Å². The van der Waals surface area contributed by atoms with E-state index in [4.69, 9.17) is 45.9 Å². The van der Waals surface area contributed by atoms with Crippen molar-refractivity contribution in [3.05, 3.63) is 70.5 Å². The van der Waals surface area contributed by atoms with Crippen molar-refractivity contribution in [2.24, 2.45) is 55.9 Å². The highest BCUT2D eigenvalue weighted by molar-refractivity contribution is 5.99. The topological polar surface area (TPSA) is 640 Å². The molecule has 0 heterocycles. The van der Waals surface area contributed by atoms with Gasteiger partial charge in [-0.05, 0) is 110 Å². The van der Waals surface area contributed by atoms with E-state index >= 15 is 0 Å². The molecule has 0 saturated heterocycles. The van der Waals surface area contributed by atoms with Gasteiger partial charge in [-0.2, -0.15) is 0 Å². The predicted molar refractivity (Wildman–Crippen MR) is 359 cm³/mol. The zero-order valence-electron chi connectivity index (χ0n) is 57.0. The number of aliphatic hydroxyl groups is 2. The Bertz CT molecular complexity index is 3270. The van der Waals surface area contributed by atoms with E-state index in [-0.39, 0.29) is 82.9 Å². The van der Waals surface area contributed by atoms with Crippen molar-refractivity contribution in [3.8, 4) is 0 Å². The third-order valence-corrected chi connectivity index (χ3v) is 15.0. The maximum atomic E-state index is 15.0. The van der Waals surface area contributed by atoms with Crippen molar-refractivity contribution in [3.63, 3.8) is 0 Å². The molecule has 574 valence electrons. The lowest BCUT2D eigenvalue weighted by molar-refractivity contribution is -0.136. The van der Waals surface area contributed by atoms with Gasteiger partial charge in [-0.25, -0.2) is 22.0 Å². The number of aliphatic imine (C=N–C) groups is 2.